The maximum Gasteiger partial charge on any atom is 0.272 e. The summed E-state index contributed by atoms with van der Waals surface area (Å²) in [6.07, 6.45) is 0. The van der Waals surface area contributed by atoms with Gasteiger partial charge < -0.3 is 4.74 Å². The molecule has 4 nitrogen and oxygen atoms in total. The van der Waals surface area contributed by atoms with Crippen LogP contribution in [0.5, 0.6) is 5.75 Å². The predicted octanol–water partition coefficient (Wildman–Crippen LogP) is 3.73. The van der Waals surface area contributed by atoms with Crippen LogP contribution in [0.2, 0.25) is 0 Å². The molecule has 0 saturated heterocycles. The zero-order valence-corrected chi connectivity index (χ0v) is 14.3. The van der Waals surface area contributed by atoms with Gasteiger partial charge in [-0.05, 0) is 35.6 Å². The second-order valence-electron chi connectivity index (χ2n) is 5.15. The lowest BCUT2D eigenvalue weighted by atomic mass is 10.1. The highest BCUT2D eigenvalue weighted by Crippen LogP contribution is 2.38. The molecule has 1 heterocycles. The summed E-state index contributed by atoms with van der Waals surface area (Å²) in [5, 5.41) is 0. The minimum Gasteiger partial charge on any atom is -0.497 e. The van der Waals surface area contributed by atoms with Gasteiger partial charge >= 0.3 is 0 Å². The van der Waals surface area contributed by atoms with Gasteiger partial charge in [0.25, 0.3) is 11.8 Å². The fraction of sp³-hybridized carbons (Fsp3) is 0.158. The number of hydrogen-bond donors (Lipinski definition) is 0. The van der Waals surface area contributed by atoms with Gasteiger partial charge in [0.2, 0.25) is 0 Å². The van der Waals surface area contributed by atoms with Crippen molar-refractivity contribution in [3.8, 4) is 5.75 Å². The summed E-state index contributed by atoms with van der Waals surface area (Å²) < 4.78 is 5.16. The van der Waals surface area contributed by atoms with Gasteiger partial charge in [0.05, 0.1) is 23.3 Å². The van der Waals surface area contributed by atoms with Crippen LogP contribution >= 0.6 is 11.8 Å². The smallest absolute Gasteiger partial charge is 0.272 e. The van der Waals surface area contributed by atoms with Crippen LogP contribution in [0.1, 0.15) is 12.5 Å². The topological polar surface area (TPSA) is 46.6 Å². The number of amides is 2. The van der Waals surface area contributed by atoms with Gasteiger partial charge in [-0.3, -0.25) is 9.59 Å². The first kappa shape index (κ1) is 16.3. The number of nitrogens with zero attached hydrogens (tertiary/aromatic N) is 1. The molecular formula is C19H17NO3S. The third-order valence-corrected chi connectivity index (χ3v) is 4.68. The van der Waals surface area contributed by atoms with E-state index in [9.17, 15) is 9.59 Å². The summed E-state index contributed by atoms with van der Waals surface area (Å²) in [4.78, 5) is 27.5. The third kappa shape index (κ3) is 2.83. The Labute approximate surface area is 145 Å². The summed E-state index contributed by atoms with van der Waals surface area (Å²) >= 11 is 1.40. The van der Waals surface area contributed by atoms with Gasteiger partial charge in [0.15, 0.2) is 0 Å². The van der Waals surface area contributed by atoms with E-state index in [0.717, 1.165) is 11.3 Å². The van der Waals surface area contributed by atoms with Gasteiger partial charge in [-0.2, -0.15) is 0 Å². The van der Waals surface area contributed by atoms with Crippen molar-refractivity contribution in [1.82, 2.24) is 0 Å². The number of rotatable bonds is 5. The summed E-state index contributed by atoms with van der Waals surface area (Å²) in [6.45, 7) is 1.96. The summed E-state index contributed by atoms with van der Waals surface area (Å²) in [5.74, 6) is 0.883. The van der Waals surface area contributed by atoms with Crippen LogP contribution < -0.4 is 9.64 Å². The quantitative estimate of drug-likeness (QED) is 0.779. The van der Waals surface area contributed by atoms with E-state index < -0.39 is 0 Å². The van der Waals surface area contributed by atoms with Crippen molar-refractivity contribution in [3.63, 3.8) is 0 Å². The molecule has 2 amide bonds. The van der Waals surface area contributed by atoms with Crippen LogP contribution in [-0.4, -0.2) is 24.7 Å². The molecule has 5 heteroatoms. The first-order chi connectivity index (χ1) is 11.7. The molecule has 2 aromatic rings. The molecule has 2 aromatic carbocycles. The van der Waals surface area contributed by atoms with Crippen molar-refractivity contribution in [1.29, 1.82) is 0 Å². The number of carbonyl (C=O) groups is 2. The highest BCUT2D eigenvalue weighted by Gasteiger charge is 2.39. The molecule has 122 valence electrons. The molecule has 24 heavy (non-hydrogen) atoms. The molecule has 0 N–H and O–H groups in total. The van der Waals surface area contributed by atoms with Crippen LogP contribution in [0.4, 0.5) is 5.69 Å². The number of methoxy groups -OCH3 is 1. The Morgan fingerprint density at radius 1 is 0.958 bits per heavy atom. The van der Waals surface area contributed by atoms with Crippen molar-refractivity contribution >= 4 is 34.8 Å². The lowest BCUT2D eigenvalue weighted by molar-refractivity contribution is -0.119. The Bertz CT molecular complexity index is 797. The molecule has 3 rings (SSSR count). The zero-order chi connectivity index (χ0) is 17.1. The minimum absolute atomic E-state index is 0.260. The number of hydrogen-bond acceptors (Lipinski definition) is 4. The van der Waals surface area contributed by atoms with Gasteiger partial charge in [-0.25, -0.2) is 4.90 Å². The molecule has 0 atom stereocenters. The summed E-state index contributed by atoms with van der Waals surface area (Å²) in [6, 6.07) is 16.2. The molecule has 0 fully saturated rings. The Morgan fingerprint density at radius 3 is 2.21 bits per heavy atom. The van der Waals surface area contributed by atoms with Crippen LogP contribution in [-0.2, 0) is 9.59 Å². The second-order valence-corrected chi connectivity index (χ2v) is 6.42. The highest BCUT2D eigenvalue weighted by molar-refractivity contribution is 8.04. The van der Waals surface area contributed by atoms with Crippen molar-refractivity contribution < 1.29 is 14.3 Å². The van der Waals surface area contributed by atoms with Crippen LogP contribution in [0, 0.1) is 0 Å². The number of para-hydroxylation sites is 1. The number of thioether (sulfide) groups is 1. The fourth-order valence-corrected chi connectivity index (χ4v) is 3.46. The molecule has 0 aliphatic carbocycles. The lowest BCUT2D eigenvalue weighted by Gasteiger charge is -2.14. The van der Waals surface area contributed by atoms with E-state index in [-0.39, 0.29) is 11.8 Å². The molecule has 1 aliphatic rings. The minimum atomic E-state index is -0.285. The normalized spacial score (nSPS) is 14.5. The molecular weight excluding hydrogens is 322 g/mol. The van der Waals surface area contributed by atoms with Gasteiger partial charge in [-0.15, -0.1) is 11.8 Å². The molecule has 1 aliphatic heterocycles. The second kappa shape index (κ2) is 6.93. The SMILES string of the molecule is CCSC1=C(c2ccc(OC)cc2)C(=O)N(c2ccccc2)C1=O. The van der Waals surface area contributed by atoms with Crippen molar-refractivity contribution in [2.75, 3.05) is 17.8 Å². The van der Waals surface area contributed by atoms with E-state index >= 15 is 0 Å². The number of carbonyl (C=O) groups excluding carboxylic acids is 2. The van der Waals surface area contributed by atoms with Crippen molar-refractivity contribution in [3.05, 3.63) is 65.1 Å². The average molecular weight is 339 g/mol. The maximum atomic E-state index is 13.0. The van der Waals surface area contributed by atoms with E-state index in [2.05, 4.69) is 0 Å². The zero-order valence-electron chi connectivity index (χ0n) is 13.5. The van der Waals surface area contributed by atoms with E-state index in [1.165, 1.54) is 16.7 Å². The van der Waals surface area contributed by atoms with Crippen LogP contribution in [0.3, 0.4) is 0 Å². The van der Waals surface area contributed by atoms with E-state index in [4.69, 9.17) is 4.74 Å². The van der Waals surface area contributed by atoms with E-state index in [0.29, 0.717) is 21.9 Å². The standard InChI is InChI=1S/C19H17NO3S/c1-3-24-17-16(13-9-11-15(23-2)12-10-13)18(21)20(19(17)22)14-7-5-4-6-8-14/h4-12H,3H2,1-2H3. The predicted molar refractivity (Wildman–Crippen MR) is 97.0 cm³/mol. The van der Waals surface area contributed by atoms with E-state index in [1.54, 1.807) is 31.4 Å². The molecule has 0 unspecified atom stereocenters. The first-order valence-electron chi connectivity index (χ1n) is 7.62. The monoisotopic (exact) mass is 339 g/mol. The Kier molecular flexibility index (Phi) is 4.71. The molecule has 0 aromatic heterocycles. The van der Waals surface area contributed by atoms with Crippen molar-refractivity contribution in [2.45, 2.75) is 6.92 Å². The Morgan fingerprint density at radius 2 is 1.62 bits per heavy atom. The number of ether oxygens (including phenoxy) is 1. The van der Waals surface area contributed by atoms with Crippen LogP contribution in [0.25, 0.3) is 5.57 Å². The lowest BCUT2D eigenvalue weighted by Crippen LogP contribution is -2.31. The number of benzene rings is 2. The number of anilines is 1. The molecule has 0 radical (unpaired) electrons. The largest absolute Gasteiger partial charge is 0.497 e. The molecule has 0 bridgehead atoms. The highest BCUT2D eigenvalue weighted by atomic mass is 32.2. The first-order valence-corrected chi connectivity index (χ1v) is 8.61. The fourth-order valence-electron chi connectivity index (χ4n) is 2.61. The number of imide groups is 1. The Hall–Kier alpha value is -2.53. The van der Waals surface area contributed by atoms with Gasteiger partial charge in [0, 0.05) is 0 Å². The average Bonchev–Trinajstić information content (AvgIpc) is 2.86. The molecule has 0 saturated carbocycles. The van der Waals surface area contributed by atoms with Crippen molar-refractivity contribution in [2.24, 2.45) is 0 Å². The van der Waals surface area contributed by atoms with Gasteiger partial charge in [-0.1, -0.05) is 37.3 Å². The molecule has 0 spiro atoms. The Balaban J connectivity index is 2.06. The summed E-state index contributed by atoms with van der Waals surface area (Å²) in [5.41, 5.74) is 1.77. The summed E-state index contributed by atoms with van der Waals surface area (Å²) in [7, 11) is 1.59. The van der Waals surface area contributed by atoms with Gasteiger partial charge in [0.1, 0.15) is 5.75 Å². The van der Waals surface area contributed by atoms with E-state index in [1.807, 2.05) is 37.3 Å². The maximum absolute atomic E-state index is 13.0. The van der Waals surface area contributed by atoms with Crippen LogP contribution in [0.15, 0.2) is 59.5 Å². The third-order valence-electron chi connectivity index (χ3n) is 3.72.